The molecule has 2 fully saturated rings. The highest BCUT2D eigenvalue weighted by molar-refractivity contribution is 6.01. The quantitative estimate of drug-likeness (QED) is 0.805. The first-order chi connectivity index (χ1) is 12.1. The molecule has 2 amide bonds. The zero-order chi connectivity index (χ0) is 17.8. The maximum atomic E-state index is 12.7. The van der Waals surface area contributed by atoms with E-state index in [0.29, 0.717) is 30.9 Å². The molecule has 2 atom stereocenters. The molecule has 1 aromatic rings. The van der Waals surface area contributed by atoms with Gasteiger partial charge in [-0.05, 0) is 25.8 Å². The molecule has 0 aromatic heterocycles. The van der Waals surface area contributed by atoms with Crippen LogP contribution < -0.4 is 25.0 Å². The number of carbonyl (C=O) groups is 2. The molecule has 0 spiro atoms. The van der Waals surface area contributed by atoms with Crippen LogP contribution in [-0.2, 0) is 9.59 Å². The van der Waals surface area contributed by atoms with Crippen LogP contribution in [0.3, 0.4) is 0 Å². The number of amides is 2. The van der Waals surface area contributed by atoms with Gasteiger partial charge >= 0.3 is 0 Å². The van der Waals surface area contributed by atoms with Gasteiger partial charge in [-0.1, -0.05) is 0 Å². The Bertz CT molecular complexity index is 621. The van der Waals surface area contributed by atoms with Crippen molar-refractivity contribution in [3.63, 3.8) is 0 Å². The lowest BCUT2D eigenvalue weighted by Crippen LogP contribution is -2.43. The van der Waals surface area contributed by atoms with E-state index >= 15 is 0 Å². The molecule has 1 aromatic carbocycles. The second-order valence-corrected chi connectivity index (χ2v) is 6.47. The SMILES string of the molecule is COc1cc(OC)cc(N2CCC(NC(=O)CC3CCCN3)C2=O)c1. The van der Waals surface area contributed by atoms with Crippen molar-refractivity contribution in [2.75, 3.05) is 32.2 Å². The third kappa shape index (κ3) is 4.04. The topological polar surface area (TPSA) is 79.9 Å². The lowest BCUT2D eigenvalue weighted by Gasteiger charge is -2.19. The van der Waals surface area contributed by atoms with Crippen molar-refractivity contribution in [2.24, 2.45) is 0 Å². The molecule has 3 rings (SSSR count). The fraction of sp³-hybridized carbons (Fsp3) is 0.556. The molecule has 2 aliphatic heterocycles. The minimum Gasteiger partial charge on any atom is -0.497 e. The van der Waals surface area contributed by atoms with E-state index < -0.39 is 6.04 Å². The van der Waals surface area contributed by atoms with Crippen LogP contribution in [0.2, 0.25) is 0 Å². The van der Waals surface area contributed by atoms with Crippen LogP contribution in [0.1, 0.15) is 25.7 Å². The first-order valence-corrected chi connectivity index (χ1v) is 8.68. The fourth-order valence-electron chi connectivity index (χ4n) is 3.43. The number of anilines is 1. The Morgan fingerprint density at radius 2 is 1.96 bits per heavy atom. The van der Waals surface area contributed by atoms with Crippen LogP contribution in [0, 0.1) is 0 Å². The van der Waals surface area contributed by atoms with E-state index in [0.717, 1.165) is 25.1 Å². The van der Waals surface area contributed by atoms with Crippen molar-refractivity contribution < 1.29 is 19.1 Å². The van der Waals surface area contributed by atoms with Crippen molar-refractivity contribution >= 4 is 17.5 Å². The third-order valence-corrected chi connectivity index (χ3v) is 4.78. The van der Waals surface area contributed by atoms with Crippen LogP contribution in [0.15, 0.2) is 18.2 Å². The monoisotopic (exact) mass is 347 g/mol. The number of benzene rings is 1. The minimum absolute atomic E-state index is 0.0668. The summed E-state index contributed by atoms with van der Waals surface area (Å²) >= 11 is 0. The van der Waals surface area contributed by atoms with E-state index in [1.165, 1.54) is 0 Å². The highest BCUT2D eigenvalue weighted by atomic mass is 16.5. The van der Waals surface area contributed by atoms with E-state index in [1.54, 1.807) is 37.3 Å². The van der Waals surface area contributed by atoms with Gasteiger partial charge in [0, 0.05) is 37.2 Å². The highest BCUT2D eigenvalue weighted by Crippen LogP contribution is 2.31. The molecule has 2 saturated heterocycles. The summed E-state index contributed by atoms with van der Waals surface area (Å²) in [4.78, 5) is 26.5. The van der Waals surface area contributed by atoms with E-state index in [-0.39, 0.29) is 17.9 Å². The minimum atomic E-state index is -0.467. The smallest absolute Gasteiger partial charge is 0.249 e. The first kappa shape index (κ1) is 17.5. The molecular formula is C18H25N3O4. The molecule has 7 nitrogen and oxygen atoms in total. The highest BCUT2D eigenvalue weighted by Gasteiger charge is 2.34. The summed E-state index contributed by atoms with van der Waals surface area (Å²) < 4.78 is 10.5. The summed E-state index contributed by atoms with van der Waals surface area (Å²) in [5, 5.41) is 6.18. The number of rotatable bonds is 6. The summed E-state index contributed by atoms with van der Waals surface area (Å²) in [6, 6.07) is 5.12. The van der Waals surface area contributed by atoms with Gasteiger partial charge in [-0.25, -0.2) is 0 Å². The first-order valence-electron chi connectivity index (χ1n) is 8.68. The summed E-state index contributed by atoms with van der Waals surface area (Å²) in [6.07, 6.45) is 3.15. The van der Waals surface area contributed by atoms with Gasteiger partial charge in [-0.15, -0.1) is 0 Å². The zero-order valence-electron chi connectivity index (χ0n) is 14.7. The number of nitrogens with zero attached hydrogens (tertiary/aromatic N) is 1. The number of methoxy groups -OCH3 is 2. The van der Waals surface area contributed by atoms with Crippen molar-refractivity contribution in [3.05, 3.63) is 18.2 Å². The third-order valence-electron chi connectivity index (χ3n) is 4.78. The van der Waals surface area contributed by atoms with Crippen LogP contribution in [0.4, 0.5) is 5.69 Å². The molecule has 136 valence electrons. The molecule has 0 bridgehead atoms. The molecule has 2 aliphatic rings. The predicted octanol–water partition coefficient (Wildman–Crippen LogP) is 1.07. The Balaban J connectivity index is 1.64. The van der Waals surface area contributed by atoms with E-state index in [1.807, 2.05) is 0 Å². The Kier molecular flexibility index (Phi) is 5.43. The van der Waals surface area contributed by atoms with Crippen molar-refractivity contribution in [2.45, 2.75) is 37.8 Å². The molecule has 2 N–H and O–H groups in total. The average Bonchev–Trinajstić information content (AvgIpc) is 3.25. The zero-order valence-corrected chi connectivity index (χ0v) is 14.7. The standard InChI is InChI=1S/C18H25N3O4/c1-24-14-9-13(10-15(11-14)25-2)21-7-5-16(18(21)23)20-17(22)8-12-4-3-6-19-12/h9-12,16,19H,3-8H2,1-2H3,(H,20,22). The predicted molar refractivity (Wildman–Crippen MR) is 94.1 cm³/mol. The Morgan fingerprint density at radius 3 is 2.56 bits per heavy atom. The second kappa shape index (κ2) is 7.74. The molecule has 0 aliphatic carbocycles. The number of carbonyl (C=O) groups excluding carboxylic acids is 2. The average molecular weight is 347 g/mol. The maximum absolute atomic E-state index is 12.7. The van der Waals surface area contributed by atoms with E-state index in [9.17, 15) is 9.59 Å². The van der Waals surface area contributed by atoms with Gasteiger partial charge in [0.1, 0.15) is 17.5 Å². The van der Waals surface area contributed by atoms with Crippen molar-refractivity contribution in [1.29, 1.82) is 0 Å². The van der Waals surface area contributed by atoms with Crippen molar-refractivity contribution in [3.8, 4) is 11.5 Å². The molecule has 2 heterocycles. The molecule has 7 heteroatoms. The van der Waals surface area contributed by atoms with Gasteiger partial charge in [0.25, 0.3) is 0 Å². The molecule has 0 saturated carbocycles. The summed E-state index contributed by atoms with van der Waals surface area (Å²) in [6.45, 7) is 1.52. The largest absolute Gasteiger partial charge is 0.497 e. The van der Waals surface area contributed by atoms with Crippen LogP contribution in [0.25, 0.3) is 0 Å². The lowest BCUT2D eigenvalue weighted by molar-refractivity contribution is -0.126. The maximum Gasteiger partial charge on any atom is 0.249 e. The van der Waals surface area contributed by atoms with Crippen LogP contribution in [-0.4, -0.2) is 51.2 Å². The Morgan fingerprint density at radius 1 is 1.24 bits per heavy atom. The van der Waals surface area contributed by atoms with Crippen molar-refractivity contribution in [1.82, 2.24) is 10.6 Å². The normalized spacial score (nSPS) is 23.0. The second-order valence-electron chi connectivity index (χ2n) is 6.47. The van der Waals surface area contributed by atoms with Gasteiger partial charge in [-0.3, -0.25) is 9.59 Å². The van der Waals surface area contributed by atoms with Crippen LogP contribution in [0.5, 0.6) is 11.5 Å². The number of nitrogens with one attached hydrogen (secondary N) is 2. The van der Waals surface area contributed by atoms with Gasteiger partial charge in [0.05, 0.1) is 19.9 Å². The summed E-state index contributed by atoms with van der Waals surface area (Å²) in [5.41, 5.74) is 0.718. The number of ether oxygens (including phenoxy) is 2. The molecule has 2 unspecified atom stereocenters. The van der Waals surface area contributed by atoms with Gasteiger partial charge in [0.2, 0.25) is 11.8 Å². The van der Waals surface area contributed by atoms with Gasteiger partial charge < -0.3 is 25.0 Å². The molecule has 0 radical (unpaired) electrons. The van der Waals surface area contributed by atoms with E-state index in [2.05, 4.69) is 10.6 Å². The number of hydrogen-bond acceptors (Lipinski definition) is 5. The van der Waals surface area contributed by atoms with Gasteiger partial charge in [0.15, 0.2) is 0 Å². The number of hydrogen-bond donors (Lipinski definition) is 2. The summed E-state index contributed by atoms with van der Waals surface area (Å²) in [7, 11) is 3.15. The Labute approximate surface area is 147 Å². The summed E-state index contributed by atoms with van der Waals surface area (Å²) in [5.74, 6) is 1.09. The van der Waals surface area contributed by atoms with E-state index in [4.69, 9.17) is 9.47 Å². The molecule has 25 heavy (non-hydrogen) atoms. The molecular weight excluding hydrogens is 322 g/mol. The van der Waals surface area contributed by atoms with Gasteiger partial charge in [-0.2, -0.15) is 0 Å². The lowest BCUT2D eigenvalue weighted by atomic mass is 10.1. The Hall–Kier alpha value is -2.28. The van der Waals surface area contributed by atoms with Crippen LogP contribution >= 0.6 is 0 Å². The fourth-order valence-corrected chi connectivity index (χ4v) is 3.43.